The van der Waals surface area contributed by atoms with Gasteiger partial charge < -0.3 is 0 Å². The minimum absolute atomic E-state index is 0.118. The molecule has 0 heterocycles. The number of rotatable bonds is 3. The van der Waals surface area contributed by atoms with Crippen LogP contribution in [-0.4, -0.2) is 18.7 Å². The molecule has 1 aromatic rings. The quantitative estimate of drug-likeness (QED) is 0.468. The Kier molecular flexibility index (Phi) is 3.81. The Morgan fingerprint density at radius 2 is 1.56 bits per heavy atom. The number of alkyl halides is 6. The van der Waals surface area contributed by atoms with Crippen molar-refractivity contribution in [1.29, 1.82) is 0 Å². The van der Waals surface area contributed by atoms with E-state index < -0.39 is 23.8 Å². The van der Waals surface area contributed by atoms with E-state index in [-0.39, 0.29) is 5.69 Å². The summed E-state index contributed by atoms with van der Waals surface area (Å²) in [5.41, 5.74) is -6.13. The maximum absolute atomic E-state index is 13.5. The third kappa shape index (κ3) is 2.38. The monoisotopic (exact) mass is 269 g/mol. The molecule has 0 radical (unpaired) electrons. The largest absolute Gasteiger partial charge is 0.432 e. The lowest BCUT2D eigenvalue weighted by atomic mass is 9.95. The average molecular weight is 269 g/mol. The first-order chi connectivity index (χ1) is 8.23. The molecule has 1 unspecified atom stereocenters. The second kappa shape index (κ2) is 4.81. The molecule has 0 bridgehead atoms. The van der Waals surface area contributed by atoms with E-state index in [1.807, 2.05) is 0 Å². The van der Waals surface area contributed by atoms with Gasteiger partial charge in [-0.15, -0.1) is 0 Å². The van der Waals surface area contributed by atoms with Gasteiger partial charge in [-0.3, -0.25) is 0 Å². The summed E-state index contributed by atoms with van der Waals surface area (Å²) in [6.07, 6.45) is -8.91. The van der Waals surface area contributed by atoms with E-state index in [1.165, 1.54) is 0 Å². The van der Waals surface area contributed by atoms with Gasteiger partial charge in [-0.1, -0.05) is 12.1 Å². The lowest BCUT2D eigenvalue weighted by Crippen LogP contribution is -2.44. The predicted octanol–water partition coefficient (Wildman–Crippen LogP) is 3.65. The lowest BCUT2D eigenvalue weighted by molar-refractivity contribution is -0.274. The minimum atomic E-state index is -5.75. The molecule has 98 valence electrons. The average Bonchev–Trinajstić information content (AvgIpc) is 2.27. The summed E-state index contributed by atoms with van der Waals surface area (Å²) in [7, 11) is 0. The Labute approximate surface area is 96.9 Å². The first-order valence-corrected chi connectivity index (χ1v) is 4.45. The van der Waals surface area contributed by atoms with Crippen LogP contribution in [0.15, 0.2) is 29.3 Å². The number of hydrogen-bond acceptors (Lipinski definition) is 2. The van der Waals surface area contributed by atoms with Crippen LogP contribution >= 0.6 is 0 Å². The number of aliphatic imine (C=N–C) groups is 1. The highest BCUT2D eigenvalue weighted by Gasteiger charge is 2.63. The molecular weight excluding hydrogens is 264 g/mol. The number of isocyanates is 1. The van der Waals surface area contributed by atoms with Crippen molar-refractivity contribution in [3.05, 3.63) is 29.8 Å². The standard InChI is InChI=1S/C10H5F6NO/c11-8(12)9(13,10(14,15)16)6-1-3-7(4-2-6)17-5-18/h1-4,8H. The van der Waals surface area contributed by atoms with E-state index in [4.69, 9.17) is 0 Å². The van der Waals surface area contributed by atoms with Gasteiger partial charge >= 0.3 is 6.18 Å². The van der Waals surface area contributed by atoms with Gasteiger partial charge in [0.15, 0.2) is 0 Å². The van der Waals surface area contributed by atoms with Crippen molar-refractivity contribution in [2.75, 3.05) is 0 Å². The van der Waals surface area contributed by atoms with Crippen molar-refractivity contribution < 1.29 is 31.1 Å². The van der Waals surface area contributed by atoms with Crippen molar-refractivity contribution in [2.24, 2.45) is 4.99 Å². The van der Waals surface area contributed by atoms with Gasteiger partial charge in [-0.05, 0) is 12.1 Å². The van der Waals surface area contributed by atoms with Crippen LogP contribution in [0.4, 0.5) is 32.0 Å². The van der Waals surface area contributed by atoms with Gasteiger partial charge in [-0.25, -0.2) is 18.0 Å². The summed E-state index contributed by atoms with van der Waals surface area (Å²) in [5, 5.41) is 0. The van der Waals surface area contributed by atoms with Gasteiger partial charge in [0.25, 0.3) is 12.1 Å². The van der Waals surface area contributed by atoms with E-state index >= 15 is 0 Å². The zero-order chi connectivity index (χ0) is 14.0. The molecule has 18 heavy (non-hydrogen) atoms. The number of nitrogens with zero attached hydrogens (tertiary/aromatic N) is 1. The van der Waals surface area contributed by atoms with Gasteiger partial charge in [-0.2, -0.15) is 18.2 Å². The van der Waals surface area contributed by atoms with Crippen LogP contribution in [0.5, 0.6) is 0 Å². The fourth-order valence-electron chi connectivity index (χ4n) is 1.24. The summed E-state index contributed by atoms with van der Waals surface area (Å²) in [6.45, 7) is 0. The summed E-state index contributed by atoms with van der Waals surface area (Å²) < 4.78 is 75.2. The SMILES string of the molecule is O=C=Nc1ccc(C(F)(C(F)F)C(F)(F)F)cc1. The topological polar surface area (TPSA) is 29.4 Å². The molecule has 0 saturated carbocycles. The van der Waals surface area contributed by atoms with Crippen LogP contribution in [0.25, 0.3) is 0 Å². The number of carbonyl (C=O) groups excluding carboxylic acids is 1. The first-order valence-electron chi connectivity index (χ1n) is 4.45. The van der Waals surface area contributed by atoms with Crippen LogP contribution in [0.3, 0.4) is 0 Å². The smallest absolute Gasteiger partial charge is 0.222 e. The fourth-order valence-corrected chi connectivity index (χ4v) is 1.24. The Morgan fingerprint density at radius 1 is 1.06 bits per heavy atom. The van der Waals surface area contributed by atoms with Crippen molar-refractivity contribution in [2.45, 2.75) is 18.3 Å². The normalized spacial score (nSPS) is 15.1. The second-order valence-corrected chi connectivity index (χ2v) is 3.26. The van der Waals surface area contributed by atoms with Gasteiger partial charge in [0.2, 0.25) is 6.08 Å². The summed E-state index contributed by atoms with van der Waals surface area (Å²) >= 11 is 0. The van der Waals surface area contributed by atoms with Crippen molar-refractivity contribution in [3.63, 3.8) is 0 Å². The van der Waals surface area contributed by atoms with Crippen LogP contribution in [0.1, 0.15) is 5.56 Å². The Balaban J connectivity index is 3.28. The van der Waals surface area contributed by atoms with E-state index in [1.54, 1.807) is 0 Å². The summed E-state index contributed by atoms with van der Waals surface area (Å²) in [6, 6.07) is 2.61. The number of benzene rings is 1. The molecule has 2 nitrogen and oxygen atoms in total. The molecular formula is C10H5F6NO. The molecule has 0 N–H and O–H groups in total. The molecule has 0 spiro atoms. The van der Waals surface area contributed by atoms with Crippen molar-refractivity contribution in [1.82, 2.24) is 0 Å². The Bertz CT molecular complexity index is 462. The van der Waals surface area contributed by atoms with Gasteiger partial charge in [0.05, 0.1) is 5.69 Å². The summed E-state index contributed by atoms with van der Waals surface area (Å²) in [4.78, 5) is 12.9. The zero-order valence-electron chi connectivity index (χ0n) is 8.51. The van der Waals surface area contributed by atoms with Crippen LogP contribution < -0.4 is 0 Å². The predicted molar refractivity (Wildman–Crippen MR) is 49.1 cm³/mol. The van der Waals surface area contributed by atoms with E-state index in [9.17, 15) is 31.1 Å². The molecule has 1 rings (SSSR count). The van der Waals surface area contributed by atoms with E-state index in [0.717, 1.165) is 18.2 Å². The second-order valence-electron chi connectivity index (χ2n) is 3.26. The molecule has 0 aliphatic rings. The van der Waals surface area contributed by atoms with Gasteiger partial charge in [0.1, 0.15) is 0 Å². The number of hydrogen-bond donors (Lipinski definition) is 0. The van der Waals surface area contributed by atoms with Crippen molar-refractivity contribution in [3.8, 4) is 0 Å². The zero-order valence-corrected chi connectivity index (χ0v) is 8.51. The minimum Gasteiger partial charge on any atom is -0.222 e. The lowest BCUT2D eigenvalue weighted by Gasteiger charge is -2.27. The molecule has 1 atom stereocenters. The summed E-state index contributed by atoms with van der Waals surface area (Å²) in [5.74, 6) is 0. The number of halogens is 6. The third-order valence-corrected chi connectivity index (χ3v) is 2.18. The molecule has 8 heteroatoms. The van der Waals surface area contributed by atoms with Crippen molar-refractivity contribution >= 4 is 11.8 Å². The van der Waals surface area contributed by atoms with E-state index in [2.05, 4.69) is 4.99 Å². The highest BCUT2D eigenvalue weighted by atomic mass is 19.4. The Hall–Kier alpha value is -1.82. The highest BCUT2D eigenvalue weighted by Crippen LogP contribution is 2.47. The third-order valence-electron chi connectivity index (χ3n) is 2.18. The van der Waals surface area contributed by atoms with Gasteiger partial charge in [0, 0.05) is 5.56 Å². The molecule has 0 amide bonds. The van der Waals surface area contributed by atoms with Crippen LogP contribution in [-0.2, 0) is 10.5 Å². The molecule has 1 aromatic carbocycles. The molecule has 0 fully saturated rings. The highest BCUT2D eigenvalue weighted by molar-refractivity contribution is 5.49. The molecule has 0 aliphatic carbocycles. The van der Waals surface area contributed by atoms with Crippen LogP contribution in [0.2, 0.25) is 0 Å². The maximum atomic E-state index is 13.5. The van der Waals surface area contributed by atoms with E-state index in [0.29, 0.717) is 12.1 Å². The van der Waals surface area contributed by atoms with Crippen LogP contribution in [0, 0.1) is 0 Å². The molecule has 0 aliphatic heterocycles. The maximum Gasteiger partial charge on any atom is 0.432 e. The molecule has 0 saturated heterocycles. The fraction of sp³-hybridized carbons (Fsp3) is 0.300. The first kappa shape index (κ1) is 14.2. The molecule has 0 aromatic heterocycles. The Morgan fingerprint density at radius 3 is 1.89 bits per heavy atom.